The van der Waals surface area contributed by atoms with E-state index < -0.39 is 0 Å². The average molecular weight is 346 g/mol. The van der Waals surface area contributed by atoms with Gasteiger partial charge < -0.3 is 10.1 Å². The van der Waals surface area contributed by atoms with E-state index >= 15 is 0 Å². The Labute approximate surface area is 132 Å². The second-order valence-electron chi connectivity index (χ2n) is 5.25. The maximum Gasteiger partial charge on any atom is 0.235 e. The van der Waals surface area contributed by atoms with Crippen LogP contribution in [0.4, 0.5) is 5.69 Å². The van der Waals surface area contributed by atoms with Crippen LogP contribution < -0.4 is 10.1 Å². The molecule has 0 saturated heterocycles. The van der Waals surface area contributed by atoms with Crippen molar-refractivity contribution in [3.05, 3.63) is 58.6 Å². The maximum absolute atomic E-state index is 12.7. The minimum Gasteiger partial charge on any atom is -0.495 e. The largest absolute Gasteiger partial charge is 0.495 e. The first kappa shape index (κ1) is 14.1. The normalized spacial score (nSPS) is 15.3. The molecule has 0 aromatic heterocycles. The van der Waals surface area contributed by atoms with E-state index in [1.165, 1.54) is 0 Å². The molecule has 4 heteroatoms. The van der Waals surface area contributed by atoms with Crippen molar-refractivity contribution in [2.45, 2.75) is 18.3 Å². The lowest BCUT2D eigenvalue weighted by atomic mass is 9.95. The Morgan fingerprint density at radius 3 is 2.52 bits per heavy atom. The summed E-state index contributed by atoms with van der Waals surface area (Å²) in [6, 6.07) is 15.5. The number of nitrogens with one attached hydrogen (secondary N) is 1. The van der Waals surface area contributed by atoms with Crippen LogP contribution in [0.3, 0.4) is 0 Å². The van der Waals surface area contributed by atoms with Crippen LogP contribution in [-0.4, -0.2) is 13.0 Å². The number of benzene rings is 2. The molecule has 108 valence electrons. The highest BCUT2D eigenvalue weighted by molar-refractivity contribution is 9.10. The van der Waals surface area contributed by atoms with Gasteiger partial charge in [-0.2, -0.15) is 0 Å². The summed E-state index contributed by atoms with van der Waals surface area (Å²) in [5, 5.41) is 3.01. The molecule has 0 aliphatic heterocycles. The number of amides is 1. The molecular formula is C17H16BrNO2. The third-order valence-electron chi connectivity index (χ3n) is 3.92. The zero-order valence-corrected chi connectivity index (χ0v) is 13.3. The van der Waals surface area contributed by atoms with Gasteiger partial charge in [-0.05, 0) is 36.6 Å². The van der Waals surface area contributed by atoms with E-state index in [0.717, 1.165) is 22.9 Å². The van der Waals surface area contributed by atoms with Crippen LogP contribution in [0, 0.1) is 0 Å². The molecule has 1 aliphatic rings. The predicted molar refractivity (Wildman–Crippen MR) is 86.7 cm³/mol. The van der Waals surface area contributed by atoms with E-state index in [-0.39, 0.29) is 11.3 Å². The lowest BCUT2D eigenvalue weighted by Crippen LogP contribution is -2.27. The summed E-state index contributed by atoms with van der Waals surface area (Å²) in [5.41, 5.74) is 1.39. The second-order valence-corrected chi connectivity index (χ2v) is 6.16. The first-order chi connectivity index (χ1) is 10.2. The van der Waals surface area contributed by atoms with Crippen LogP contribution in [0.15, 0.2) is 53.0 Å². The van der Waals surface area contributed by atoms with Crippen molar-refractivity contribution in [2.75, 3.05) is 12.4 Å². The van der Waals surface area contributed by atoms with Crippen molar-refractivity contribution < 1.29 is 9.53 Å². The summed E-state index contributed by atoms with van der Waals surface area (Å²) < 4.78 is 6.21. The number of carbonyl (C=O) groups excluding carboxylic acids is 1. The molecule has 1 N–H and O–H groups in total. The van der Waals surface area contributed by atoms with Gasteiger partial charge in [0.15, 0.2) is 0 Å². The highest BCUT2D eigenvalue weighted by Crippen LogP contribution is 2.49. The fourth-order valence-corrected chi connectivity index (χ4v) is 2.91. The second kappa shape index (κ2) is 5.53. The quantitative estimate of drug-likeness (QED) is 0.904. The Hall–Kier alpha value is -1.81. The van der Waals surface area contributed by atoms with Crippen LogP contribution in [0.2, 0.25) is 0 Å². The van der Waals surface area contributed by atoms with Gasteiger partial charge in [-0.15, -0.1) is 0 Å². The number of ether oxygens (including phenoxy) is 1. The van der Waals surface area contributed by atoms with Gasteiger partial charge in [-0.25, -0.2) is 0 Å². The fraction of sp³-hybridized carbons (Fsp3) is 0.235. The molecule has 3 rings (SSSR count). The molecule has 3 nitrogen and oxygen atoms in total. The Kier molecular flexibility index (Phi) is 3.72. The van der Waals surface area contributed by atoms with Crippen LogP contribution >= 0.6 is 15.9 Å². The Morgan fingerprint density at radius 2 is 1.90 bits per heavy atom. The third kappa shape index (κ3) is 2.68. The van der Waals surface area contributed by atoms with Crippen LogP contribution in [-0.2, 0) is 10.2 Å². The molecule has 1 amide bonds. The van der Waals surface area contributed by atoms with Gasteiger partial charge in [0.1, 0.15) is 5.75 Å². The van der Waals surface area contributed by atoms with Crippen LogP contribution in [0.1, 0.15) is 18.4 Å². The standard InChI is InChI=1S/C17H16BrNO2/c1-21-15-8-7-13(18)11-14(15)19-16(20)17(9-10-17)12-5-3-2-4-6-12/h2-8,11H,9-10H2,1H3,(H,19,20). The van der Waals surface area contributed by atoms with E-state index in [4.69, 9.17) is 4.74 Å². The molecule has 1 aliphatic carbocycles. The number of hydrogen-bond acceptors (Lipinski definition) is 2. The maximum atomic E-state index is 12.7. The number of rotatable bonds is 4. The topological polar surface area (TPSA) is 38.3 Å². The Morgan fingerprint density at radius 1 is 1.19 bits per heavy atom. The van der Waals surface area contributed by atoms with Crippen molar-refractivity contribution >= 4 is 27.5 Å². The minimum absolute atomic E-state index is 0.0325. The highest BCUT2D eigenvalue weighted by atomic mass is 79.9. The van der Waals surface area contributed by atoms with E-state index in [9.17, 15) is 4.79 Å². The summed E-state index contributed by atoms with van der Waals surface area (Å²) in [6.45, 7) is 0. The smallest absolute Gasteiger partial charge is 0.235 e. The van der Waals surface area contributed by atoms with Crippen molar-refractivity contribution in [3.63, 3.8) is 0 Å². The van der Waals surface area contributed by atoms with Crippen molar-refractivity contribution in [1.82, 2.24) is 0 Å². The third-order valence-corrected chi connectivity index (χ3v) is 4.41. The summed E-state index contributed by atoms with van der Waals surface area (Å²) in [4.78, 5) is 12.7. The van der Waals surface area contributed by atoms with Crippen LogP contribution in [0.25, 0.3) is 0 Å². The molecule has 0 spiro atoms. The van der Waals surface area contributed by atoms with Crippen molar-refractivity contribution in [2.24, 2.45) is 0 Å². The number of halogens is 1. The first-order valence-electron chi connectivity index (χ1n) is 6.86. The van der Waals surface area contributed by atoms with Crippen molar-refractivity contribution in [3.8, 4) is 5.75 Å². The monoisotopic (exact) mass is 345 g/mol. The molecular weight excluding hydrogens is 330 g/mol. The first-order valence-corrected chi connectivity index (χ1v) is 7.65. The Bertz CT molecular complexity index is 666. The molecule has 21 heavy (non-hydrogen) atoms. The zero-order chi connectivity index (χ0) is 14.9. The predicted octanol–water partition coefficient (Wildman–Crippen LogP) is 4.13. The van der Waals surface area contributed by atoms with Gasteiger partial charge in [0.25, 0.3) is 0 Å². The van der Waals surface area contributed by atoms with Gasteiger partial charge in [-0.3, -0.25) is 4.79 Å². The van der Waals surface area contributed by atoms with E-state index in [0.29, 0.717) is 11.4 Å². The fourth-order valence-electron chi connectivity index (χ4n) is 2.55. The summed E-state index contributed by atoms with van der Waals surface area (Å²) in [7, 11) is 1.60. The molecule has 0 heterocycles. The molecule has 0 radical (unpaired) electrons. The van der Waals surface area contributed by atoms with Gasteiger partial charge in [0.05, 0.1) is 18.2 Å². The minimum atomic E-state index is -0.380. The number of anilines is 1. The SMILES string of the molecule is COc1ccc(Br)cc1NC(=O)C1(c2ccccc2)CC1. The lowest BCUT2D eigenvalue weighted by molar-refractivity contribution is -0.118. The molecule has 1 fully saturated rings. The van der Waals surface area contributed by atoms with Gasteiger partial charge in [0, 0.05) is 4.47 Å². The number of carbonyl (C=O) groups is 1. The zero-order valence-electron chi connectivity index (χ0n) is 11.7. The number of hydrogen-bond donors (Lipinski definition) is 1. The summed E-state index contributed by atoms with van der Waals surface area (Å²) in [5.74, 6) is 0.695. The van der Waals surface area contributed by atoms with Gasteiger partial charge >= 0.3 is 0 Å². The molecule has 0 atom stereocenters. The molecule has 2 aromatic carbocycles. The average Bonchev–Trinajstić information content (AvgIpc) is 3.30. The van der Waals surface area contributed by atoms with E-state index in [2.05, 4.69) is 21.2 Å². The Balaban J connectivity index is 1.86. The molecule has 2 aromatic rings. The summed E-state index contributed by atoms with van der Waals surface area (Å²) >= 11 is 3.42. The summed E-state index contributed by atoms with van der Waals surface area (Å²) in [6.07, 6.45) is 1.78. The lowest BCUT2D eigenvalue weighted by Gasteiger charge is -2.17. The van der Waals surface area contributed by atoms with Gasteiger partial charge in [-0.1, -0.05) is 46.3 Å². The van der Waals surface area contributed by atoms with E-state index in [1.54, 1.807) is 7.11 Å². The molecule has 0 bridgehead atoms. The van der Waals surface area contributed by atoms with Crippen molar-refractivity contribution in [1.29, 1.82) is 0 Å². The number of methoxy groups -OCH3 is 1. The molecule has 1 saturated carbocycles. The molecule has 0 unspecified atom stereocenters. The van der Waals surface area contributed by atoms with E-state index in [1.807, 2.05) is 48.5 Å². The van der Waals surface area contributed by atoms with Gasteiger partial charge in [0.2, 0.25) is 5.91 Å². The van der Waals surface area contributed by atoms with Crippen LogP contribution in [0.5, 0.6) is 5.75 Å². The highest BCUT2D eigenvalue weighted by Gasteiger charge is 2.51.